The number of nitrogens with zero attached hydrogens (tertiary/aromatic N) is 1. The Hall–Kier alpha value is -1.68. The van der Waals surface area contributed by atoms with Crippen LogP contribution in [0, 0.1) is 0 Å². The topological polar surface area (TPSA) is 105 Å². The minimum Gasteiger partial charge on any atom is -0.495 e. The van der Waals surface area contributed by atoms with Gasteiger partial charge in [0.25, 0.3) is 0 Å². The van der Waals surface area contributed by atoms with E-state index in [2.05, 4.69) is 9.62 Å². The van der Waals surface area contributed by atoms with Gasteiger partial charge >= 0.3 is 5.97 Å². The lowest BCUT2D eigenvalue weighted by molar-refractivity contribution is 0.0390. The summed E-state index contributed by atoms with van der Waals surface area (Å²) >= 11 is 0. The summed E-state index contributed by atoms with van der Waals surface area (Å²) in [5, 5.41) is 9.01. The predicted molar refractivity (Wildman–Crippen MR) is 82.4 cm³/mol. The van der Waals surface area contributed by atoms with Gasteiger partial charge in [-0.15, -0.1) is 0 Å². The average Bonchev–Trinajstić information content (AvgIpc) is 2.55. The SMILES string of the molecule is COc1ccc(C(=O)O)cc1S(=O)(=O)NCCN1CCOCC1. The number of hydrogen-bond donors (Lipinski definition) is 2. The number of benzene rings is 1. The van der Waals surface area contributed by atoms with Crippen molar-refractivity contribution in [2.24, 2.45) is 0 Å². The number of hydrogen-bond acceptors (Lipinski definition) is 6. The third-order valence-electron chi connectivity index (χ3n) is 3.52. The molecule has 1 aliphatic rings. The van der Waals surface area contributed by atoms with Gasteiger partial charge in [-0.2, -0.15) is 0 Å². The number of nitrogens with one attached hydrogen (secondary N) is 1. The van der Waals surface area contributed by atoms with E-state index in [4.69, 9.17) is 14.6 Å². The van der Waals surface area contributed by atoms with Crippen molar-refractivity contribution in [2.45, 2.75) is 4.90 Å². The summed E-state index contributed by atoms with van der Waals surface area (Å²) in [6.45, 7) is 3.59. The highest BCUT2D eigenvalue weighted by Gasteiger charge is 2.21. The number of aromatic carboxylic acids is 1. The van der Waals surface area contributed by atoms with Gasteiger partial charge in [-0.05, 0) is 18.2 Å². The molecule has 0 spiro atoms. The van der Waals surface area contributed by atoms with Gasteiger partial charge in [-0.3, -0.25) is 4.90 Å². The van der Waals surface area contributed by atoms with Crippen LogP contribution in [0.25, 0.3) is 0 Å². The fourth-order valence-electron chi connectivity index (χ4n) is 2.26. The standard InChI is InChI=1S/C14H20N2O6S/c1-21-12-3-2-11(14(17)18)10-13(12)23(19,20)15-4-5-16-6-8-22-9-7-16/h2-3,10,15H,4-9H2,1H3,(H,17,18). The molecule has 128 valence electrons. The maximum atomic E-state index is 12.4. The van der Waals surface area contributed by atoms with Gasteiger partial charge in [-0.1, -0.05) is 0 Å². The Bertz CT molecular complexity index is 655. The van der Waals surface area contributed by atoms with E-state index in [1.807, 2.05) is 0 Å². The third-order valence-corrected chi connectivity index (χ3v) is 5.01. The van der Waals surface area contributed by atoms with Crippen LogP contribution in [-0.4, -0.2) is 70.9 Å². The Labute approximate surface area is 135 Å². The van der Waals surface area contributed by atoms with E-state index in [0.717, 1.165) is 19.2 Å². The molecule has 0 amide bonds. The van der Waals surface area contributed by atoms with E-state index < -0.39 is 16.0 Å². The minimum absolute atomic E-state index is 0.105. The number of carboxylic acid groups (broad SMARTS) is 1. The molecule has 0 unspecified atom stereocenters. The molecule has 0 atom stereocenters. The third kappa shape index (κ3) is 4.64. The van der Waals surface area contributed by atoms with E-state index in [1.54, 1.807) is 0 Å². The first-order chi connectivity index (χ1) is 10.9. The molecule has 0 aromatic heterocycles. The monoisotopic (exact) mass is 344 g/mol. The molecule has 9 heteroatoms. The van der Waals surface area contributed by atoms with Crippen molar-refractivity contribution in [2.75, 3.05) is 46.5 Å². The number of methoxy groups -OCH3 is 1. The number of rotatable bonds is 7. The van der Waals surface area contributed by atoms with Crippen molar-refractivity contribution in [1.82, 2.24) is 9.62 Å². The molecule has 1 aliphatic heterocycles. The summed E-state index contributed by atoms with van der Waals surface area (Å²) in [5.41, 5.74) is -0.112. The van der Waals surface area contributed by atoms with E-state index in [0.29, 0.717) is 19.8 Å². The lowest BCUT2D eigenvalue weighted by atomic mass is 10.2. The normalized spacial score (nSPS) is 16.2. The van der Waals surface area contributed by atoms with Crippen molar-refractivity contribution in [3.63, 3.8) is 0 Å². The molecule has 2 N–H and O–H groups in total. The maximum Gasteiger partial charge on any atom is 0.335 e. The van der Waals surface area contributed by atoms with Gasteiger partial charge in [0.15, 0.2) is 0 Å². The molecule has 0 bridgehead atoms. The van der Waals surface area contributed by atoms with Crippen molar-refractivity contribution in [1.29, 1.82) is 0 Å². The van der Waals surface area contributed by atoms with Crippen LogP contribution < -0.4 is 9.46 Å². The molecule has 2 rings (SSSR count). The Morgan fingerprint density at radius 1 is 1.39 bits per heavy atom. The van der Waals surface area contributed by atoms with E-state index >= 15 is 0 Å². The summed E-state index contributed by atoms with van der Waals surface area (Å²) in [6.07, 6.45) is 0. The first-order valence-corrected chi connectivity index (χ1v) is 8.63. The van der Waals surface area contributed by atoms with Crippen LogP contribution in [0.1, 0.15) is 10.4 Å². The van der Waals surface area contributed by atoms with Crippen molar-refractivity contribution >= 4 is 16.0 Å². The number of carboxylic acids is 1. The van der Waals surface area contributed by atoms with Crippen LogP contribution in [0.2, 0.25) is 0 Å². The predicted octanol–water partition coefficient (Wildman–Crippen LogP) is 0.00390. The smallest absolute Gasteiger partial charge is 0.335 e. The second kappa shape index (κ2) is 7.73. The summed E-state index contributed by atoms with van der Waals surface area (Å²) in [7, 11) is -2.52. The van der Waals surface area contributed by atoms with Crippen LogP contribution >= 0.6 is 0 Å². The first kappa shape index (κ1) is 17.7. The number of morpholine rings is 1. The molecule has 23 heavy (non-hydrogen) atoms. The zero-order chi connectivity index (χ0) is 16.9. The molecule has 0 aliphatic carbocycles. The summed E-state index contributed by atoms with van der Waals surface area (Å²) in [4.78, 5) is 12.9. The fraction of sp³-hybridized carbons (Fsp3) is 0.500. The Morgan fingerprint density at radius 3 is 2.70 bits per heavy atom. The van der Waals surface area contributed by atoms with Crippen LogP contribution in [0.3, 0.4) is 0 Å². The Balaban J connectivity index is 2.08. The molecule has 1 fully saturated rings. The molecule has 0 radical (unpaired) electrons. The molecule has 1 aromatic rings. The average molecular weight is 344 g/mol. The van der Waals surface area contributed by atoms with Crippen molar-refractivity contribution in [3.8, 4) is 5.75 Å². The van der Waals surface area contributed by atoms with Gasteiger partial charge in [0.1, 0.15) is 10.6 Å². The van der Waals surface area contributed by atoms with Gasteiger partial charge < -0.3 is 14.6 Å². The van der Waals surface area contributed by atoms with Crippen LogP contribution in [0.5, 0.6) is 5.75 Å². The molecular weight excluding hydrogens is 324 g/mol. The first-order valence-electron chi connectivity index (χ1n) is 7.15. The number of sulfonamides is 1. The van der Waals surface area contributed by atoms with Gasteiger partial charge in [0, 0.05) is 26.2 Å². The molecular formula is C14H20N2O6S. The summed E-state index contributed by atoms with van der Waals surface area (Å²) in [6, 6.07) is 3.73. The summed E-state index contributed by atoms with van der Waals surface area (Å²) < 4.78 is 37.5. The number of ether oxygens (including phenoxy) is 2. The lowest BCUT2D eigenvalue weighted by Crippen LogP contribution is -2.41. The lowest BCUT2D eigenvalue weighted by Gasteiger charge is -2.26. The van der Waals surface area contributed by atoms with E-state index in [9.17, 15) is 13.2 Å². The second-order valence-corrected chi connectivity index (χ2v) is 6.76. The Morgan fingerprint density at radius 2 is 2.09 bits per heavy atom. The highest BCUT2D eigenvalue weighted by atomic mass is 32.2. The van der Waals surface area contributed by atoms with E-state index in [1.165, 1.54) is 19.2 Å². The fourth-order valence-corrected chi connectivity index (χ4v) is 3.47. The van der Waals surface area contributed by atoms with Gasteiger partial charge in [0.2, 0.25) is 10.0 Å². The van der Waals surface area contributed by atoms with Crippen LogP contribution in [-0.2, 0) is 14.8 Å². The second-order valence-electron chi connectivity index (χ2n) is 5.02. The zero-order valence-electron chi connectivity index (χ0n) is 12.8. The molecule has 1 heterocycles. The Kier molecular flexibility index (Phi) is 5.94. The largest absolute Gasteiger partial charge is 0.495 e. The molecule has 1 saturated heterocycles. The van der Waals surface area contributed by atoms with Crippen LogP contribution in [0.4, 0.5) is 0 Å². The molecule has 0 saturated carbocycles. The van der Waals surface area contributed by atoms with Gasteiger partial charge in [0.05, 0.1) is 25.9 Å². The maximum absolute atomic E-state index is 12.4. The van der Waals surface area contributed by atoms with Crippen LogP contribution in [0.15, 0.2) is 23.1 Å². The molecule has 1 aromatic carbocycles. The summed E-state index contributed by atoms with van der Waals surface area (Å²) in [5.74, 6) is -1.09. The van der Waals surface area contributed by atoms with E-state index in [-0.39, 0.29) is 22.8 Å². The quantitative estimate of drug-likeness (QED) is 0.717. The number of carbonyl (C=O) groups is 1. The van der Waals surface area contributed by atoms with Crippen molar-refractivity contribution in [3.05, 3.63) is 23.8 Å². The minimum atomic E-state index is -3.86. The highest BCUT2D eigenvalue weighted by Crippen LogP contribution is 2.24. The highest BCUT2D eigenvalue weighted by molar-refractivity contribution is 7.89. The van der Waals surface area contributed by atoms with Gasteiger partial charge in [-0.25, -0.2) is 17.9 Å². The zero-order valence-corrected chi connectivity index (χ0v) is 13.6. The van der Waals surface area contributed by atoms with Crippen molar-refractivity contribution < 1.29 is 27.8 Å². The molecule has 8 nitrogen and oxygen atoms in total.